The molecular formula is C19H21F3N4O3S. The van der Waals surface area contributed by atoms with Gasteiger partial charge in [-0.2, -0.15) is 13.2 Å². The van der Waals surface area contributed by atoms with Gasteiger partial charge in [-0.25, -0.2) is 9.78 Å². The van der Waals surface area contributed by atoms with E-state index < -0.39 is 61.5 Å². The van der Waals surface area contributed by atoms with E-state index in [-0.39, 0.29) is 21.8 Å². The van der Waals surface area contributed by atoms with E-state index in [9.17, 15) is 22.8 Å². The first-order valence-electron chi connectivity index (χ1n) is 11.2. The van der Waals surface area contributed by atoms with Crippen molar-refractivity contribution in [3.63, 3.8) is 0 Å². The molecule has 2 fully saturated rings. The molecule has 11 heteroatoms. The van der Waals surface area contributed by atoms with Crippen molar-refractivity contribution in [2.45, 2.75) is 44.0 Å². The van der Waals surface area contributed by atoms with Crippen molar-refractivity contribution in [3.05, 3.63) is 22.6 Å². The van der Waals surface area contributed by atoms with Gasteiger partial charge >= 0.3 is 12.3 Å². The number of hydrogen-bond acceptors (Lipinski definition) is 6. The number of nitrogens with one attached hydrogen (secondary N) is 2. The van der Waals surface area contributed by atoms with Crippen molar-refractivity contribution in [2.75, 3.05) is 24.9 Å². The molecule has 2 aromatic heterocycles. The van der Waals surface area contributed by atoms with Crippen molar-refractivity contribution in [1.29, 1.82) is 0 Å². The molecule has 0 unspecified atom stereocenters. The number of pyridine rings is 1. The molecule has 2 aromatic rings. The highest BCUT2D eigenvalue weighted by Crippen LogP contribution is 2.40. The summed E-state index contributed by atoms with van der Waals surface area (Å²) in [6.45, 7) is -5.11. The van der Waals surface area contributed by atoms with Crippen molar-refractivity contribution in [1.82, 2.24) is 15.6 Å². The fourth-order valence-electron chi connectivity index (χ4n) is 2.96. The maximum atomic E-state index is 13.9. The van der Waals surface area contributed by atoms with Crippen molar-refractivity contribution in [2.24, 2.45) is 0 Å². The molecular weight excluding hydrogens is 421 g/mol. The molecule has 0 radical (unpaired) electrons. The molecule has 0 bridgehead atoms. The summed E-state index contributed by atoms with van der Waals surface area (Å²) in [6, 6.07) is 0.571. The Morgan fingerprint density at radius 1 is 1.30 bits per heavy atom. The van der Waals surface area contributed by atoms with E-state index in [4.69, 9.17) is 10.2 Å². The van der Waals surface area contributed by atoms with Crippen LogP contribution in [0, 0.1) is 0 Å². The van der Waals surface area contributed by atoms with Crippen LogP contribution in [0.1, 0.15) is 47.1 Å². The fourth-order valence-corrected chi connectivity index (χ4v) is 3.98. The molecule has 2 amide bonds. The van der Waals surface area contributed by atoms with Gasteiger partial charge in [0.25, 0.3) is 5.91 Å². The van der Waals surface area contributed by atoms with Crippen LogP contribution >= 0.6 is 11.3 Å². The van der Waals surface area contributed by atoms with Gasteiger partial charge in [-0.1, -0.05) is 0 Å². The molecule has 1 saturated carbocycles. The van der Waals surface area contributed by atoms with E-state index in [1.807, 2.05) is 0 Å². The van der Waals surface area contributed by atoms with E-state index >= 15 is 0 Å². The SMILES string of the molecule is [2H]C1([2H])CC(OC(=O)NC2CC2)CC([2H])([2H])N1c1cc(C(F)(F)F)c2scc(C(=O)NC)c2n1. The number of fused-ring (bicyclic) bond motifs is 1. The molecule has 162 valence electrons. The quantitative estimate of drug-likeness (QED) is 0.751. The molecule has 2 N–H and O–H groups in total. The first kappa shape index (κ1) is 16.2. The molecule has 2 aliphatic rings. The van der Waals surface area contributed by atoms with E-state index in [0.717, 1.165) is 12.8 Å². The van der Waals surface area contributed by atoms with Gasteiger partial charge in [0.05, 0.1) is 21.3 Å². The van der Waals surface area contributed by atoms with Crippen molar-refractivity contribution >= 4 is 39.4 Å². The van der Waals surface area contributed by atoms with Gasteiger partial charge in [0.15, 0.2) is 0 Å². The molecule has 1 aliphatic heterocycles. The van der Waals surface area contributed by atoms with Gasteiger partial charge in [0, 0.05) is 49.8 Å². The Kier molecular flexibility index (Phi) is 4.28. The molecule has 1 aliphatic carbocycles. The number of carbonyl (C=O) groups excluding carboxylic acids is 2. The van der Waals surface area contributed by atoms with Crippen LogP contribution < -0.4 is 15.5 Å². The van der Waals surface area contributed by atoms with Gasteiger partial charge in [-0.05, 0) is 18.9 Å². The Labute approximate surface area is 180 Å². The molecule has 0 spiro atoms. The maximum absolute atomic E-state index is 13.9. The zero-order valence-corrected chi connectivity index (χ0v) is 16.6. The second-order valence-electron chi connectivity index (χ2n) is 6.94. The van der Waals surface area contributed by atoms with Crippen LogP contribution in [-0.4, -0.2) is 49.2 Å². The third kappa shape index (κ3) is 4.30. The third-order valence-corrected chi connectivity index (χ3v) is 5.65. The number of ether oxygens (including phenoxy) is 1. The number of rotatable bonds is 4. The van der Waals surface area contributed by atoms with Crippen LogP contribution in [0.2, 0.25) is 0 Å². The van der Waals surface area contributed by atoms with E-state index in [1.54, 1.807) is 0 Å². The highest BCUT2D eigenvalue weighted by molar-refractivity contribution is 7.17. The number of piperidine rings is 1. The average Bonchev–Trinajstić information content (AvgIpc) is 3.39. The Hall–Kier alpha value is -2.56. The minimum Gasteiger partial charge on any atom is -0.446 e. The number of amides is 2. The van der Waals surface area contributed by atoms with Crippen LogP contribution in [-0.2, 0) is 10.9 Å². The number of halogens is 3. The van der Waals surface area contributed by atoms with Crippen LogP contribution in [0.15, 0.2) is 11.4 Å². The zero-order valence-electron chi connectivity index (χ0n) is 19.8. The lowest BCUT2D eigenvalue weighted by Gasteiger charge is -2.32. The fraction of sp³-hybridized carbons (Fsp3) is 0.526. The van der Waals surface area contributed by atoms with Crippen LogP contribution in [0.4, 0.5) is 23.8 Å². The first-order valence-corrected chi connectivity index (χ1v) is 10.1. The number of anilines is 1. The van der Waals surface area contributed by atoms with Gasteiger partial charge < -0.3 is 20.3 Å². The summed E-state index contributed by atoms with van der Waals surface area (Å²) >= 11 is 0.670. The summed E-state index contributed by atoms with van der Waals surface area (Å²) in [5.74, 6) is -1.29. The lowest BCUT2D eigenvalue weighted by atomic mass is 10.1. The third-order valence-electron chi connectivity index (χ3n) is 4.64. The van der Waals surface area contributed by atoms with Crippen LogP contribution in [0.3, 0.4) is 0 Å². The van der Waals surface area contributed by atoms with E-state index in [0.29, 0.717) is 22.3 Å². The predicted octanol–water partition coefficient (Wildman–Crippen LogP) is 3.53. The average molecular weight is 446 g/mol. The Bertz CT molecular complexity index is 1120. The highest BCUT2D eigenvalue weighted by Gasteiger charge is 2.36. The smallest absolute Gasteiger partial charge is 0.417 e. The lowest BCUT2D eigenvalue weighted by Crippen LogP contribution is -2.40. The lowest BCUT2D eigenvalue weighted by molar-refractivity contribution is -0.136. The molecule has 0 aromatic carbocycles. The van der Waals surface area contributed by atoms with Gasteiger partial charge in [-0.3, -0.25) is 4.79 Å². The Morgan fingerprint density at radius 3 is 2.60 bits per heavy atom. The predicted molar refractivity (Wildman–Crippen MR) is 106 cm³/mol. The van der Waals surface area contributed by atoms with Crippen LogP contribution in [0.25, 0.3) is 10.2 Å². The number of alkyl carbamates (subject to hydrolysis) is 1. The second kappa shape index (κ2) is 7.93. The summed E-state index contributed by atoms with van der Waals surface area (Å²) < 4.78 is 80.2. The van der Waals surface area contributed by atoms with Gasteiger partial charge in [0.1, 0.15) is 11.9 Å². The molecule has 3 heterocycles. The highest BCUT2D eigenvalue weighted by atomic mass is 32.1. The van der Waals surface area contributed by atoms with Crippen molar-refractivity contribution in [3.8, 4) is 0 Å². The number of hydrogen-bond donors (Lipinski definition) is 2. The van der Waals surface area contributed by atoms with Crippen molar-refractivity contribution < 1.29 is 33.0 Å². The monoisotopic (exact) mass is 446 g/mol. The number of aromatic nitrogens is 1. The largest absolute Gasteiger partial charge is 0.446 e. The Balaban J connectivity index is 1.74. The summed E-state index contributed by atoms with van der Waals surface area (Å²) in [4.78, 5) is 28.8. The summed E-state index contributed by atoms with van der Waals surface area (Å²) in [5, 5.41) is 6.11. The second-order valence-corrected chi connectivity index (χ2v) is 7.82. The number of carbonyl (C=O) groups is 2. The van der Waals surface area contributed by atoms with E-state index in [1.165, 1.54) is 12.4 Å². The normalized spacial score (nSPS) is 23.1. The summed E-state index contributed by atoms with van der Waals surface area (Å²) in [6.07, 6.45) is -6.18. The number of thiophene rings is 1. The zero-order chi connectivity index (χ0) is 25.1. The van der Waals surface area contributed by atoms with E-state index in [2.05, 4.69) is 15.6 Å². The summed E-state index contributed by atoms with van der Waals surface area (Å²) in [7, 11) is 1.31. The molecule has 1 saturated heterocycles. The minimum absolute atomic E-state index is 0.0158. The molecule has 4 rings (SSSR count). The standard InChI is InChI=1S/C19H21F3N4O3S/c1-23-17(27)12-9-30-16-13(19(20,21)22)8-14(25-15(12)16)26-6-4-11(5-7-26)29-18(28)24-10-2-3-10/h8-11H,2-7H2,1H3,(H,23,27)(H,24,28)/i6D2,7D2. The minimum atomic E-state index is -4.86. The number of alkyl halides is 3. The summed E-state index contributed by atoms with van der Waals surface area (Å²) in [5.41, 5.74) is -1.59. The van der Waals surface area contributed by atoms with Crippen LogP contribution in [0.5, 0.6) is 0 Å². The Morgan fingerprint density at radius 2 is 2.00 bits per heavy atom. The topological polar surface area (TPSA) is 83.6 Å². The van der Waals surface area contributed by atoms with Gasteiger partial charge in [0.2, 0.25) is 0 Å². The first-order chi connectivity index (χ1) is 15.7. The maximum Gasteiger partial charge on any atom is 0.417 e. The molecule has 30 heavy (non-hydrogen) atoms. The molecule has 0 atom stereocenters. The molecule has 7 nitrogen and oxygen atoms in total. The number of nitrogens with zero attached hydrogens (tertiary/aromatic N) is 2. The van der Waals surface area contributed by atoms with Gasteiger partial charge in [-0.15, -0.1) is 11.3 Å².